The lowest BCUT2D eigenvalue weighted by Crippen LogP contribution is -2.43. The van der Waals surface area contributed by atoms with E-state index in [2.05, 4.69) is 21.2 Å². The van der Waals surface area contributed by atoms with Gasteiger partial charge in [0.1, 0.15) is 0 Å². The molecule has 0 spiro atoms. The summed E-state index contributed by atoms with van der Waals surface area (Å²) in [7, 11) is -3.02. The first-order valence-electron chi connectivity index (χ1n) is 5.84. The maximum Gasteiger partial charge on any atom is 0.252 e. The number of carbonyl (C=O) groups excluding carboxylic acids is 1. The van der Waals surface area contributed by atoms with Crippen LogP contribution in [0.5, 0.6) is 0 Å². The lowest BCUT2D eigenvalue weighted by molar-refractivity contribution is 0.0937. The molecular weight excluding hydrogens is 354 g/mol. The molecule has 0 radical (unpaired) electrons. The second-order valence-corrected chi connectivity index (χ2v) is 8.07. The molecule has 0 aromatic heterocycles. The molecule has 1 unspecified atom stereocenters. The molecule has 0 saturated carbocycles. The summed E-state index contributed by atoms with van der Waals surface area (Å²) >= 11 is 9.08. The molecule has 1 heterocycles. The zero-order valence-corrected chi connectivity index (χ0v) is 13.2. The van der Waals surface area contributed by atoms with Crippen LogP contribution in [0.15, 0.2) is 22.7 Å². The summed E-state index contributed by atoms with van der Waals surface area (Å²) in [6, 6.07) is 4.56. The lowest BCUT2D eigenvalue weighted by Gasteiger charge is -2.23. The fourth-order valence-electron chi connectivity index (χ4n) is 2.07. The number of rotatable bonds is 2. The van der Waals surface area contributed by atoms with Gasteiger partial charge < -0.3 is 5.32 Å². The van der Waals surface area contributed by atoms with Gasteiger partial charge in [-0.25, -0.2) is 8.42 Å². The van der Waals surface area contributed by atoms with Crippen LogP contribution in [0.1, 0.15) is 23.2 Å². The Morgan fingerprint density at radius 1 is 1.42 bits per heavy atom. The van der Waals surface area contributed by atoms with Crippen LogP contribution in [-0.2, 0) is 9.84 Å². The molecule has 1 aromatic carbocycles. The number of nitrogens with one attached hydrogen (secondary N) is 1. The second kappa shape index (κ2) is 5.81. The van der Waals surface area contributed by atoms with Crippen LogP contribution in [0, 0.1) is 0 Å². The zero-order valence-electron chi connectivity index (χ0n) is 10.0. The lowest BCUT2D eigenvalue weighted by atomic mass is 10.1. The van der Waals surface area contributed by atoms with E-state index in [1.807, 2.05) is 0 Å². The molecule has 1 N–H and O–H groups in total. The molecule has 0 aliphatic carbocycles. The van der Waals surface area contributed by atoms with Gasteiger partial charge in [-0.1, -0.05) is 11.6 Å². The van der Waals surface area contributed by atoms with Crippen LogP contribution in [-0.4, -0.2) is 31.9 Å². The summed E-state index contributed by atoms with van der Waals surface area (Å²) in [5.74, 6) is -0.0563. The first-order chi connectivity index (χ1) is 8.87. The molecule has 1 atom stereocenters. The van der Waals surface area contributed by atoms with Crippen LogP contribution in [0.4, 0.5) is 0 Å². The highest BCUT2D eigenvalue weighted by atomic mass is 79.9. The maximum absolute atomic E-state index is 12.1. The summed E-state index contributed by atoms with van der Waals surface area (Å²) in [5, 5.41) is 3.29. The quantitative estimate of drug-likeness (QED) is 0.874. The molecule has 104 valence electrons. The van der Waals surface area contributed by atoms with E-state index >= 15 is 0 Å². The van der Waals surface area contributed by atoms with E-state index < -0.39 is 9.84 Å². The molecule has 4 nitrogen and oxygen atoms in total. The van der Waals surface area contributed by atoms with Gasteiger partial charge in [0.05, 0.1) is 17.1 Å². The van der Waals surface area contributed by atoms with Gasteiger partial charge in [0.25, 0.3) is 5.91 Å². The van der Waals surface area contributed by atoms with E-state index in [1.54, 1.807) is 18.2 Å². The minimum atomic E-state index is -3.02. The predicted octanol–water partition coefficient (Wildman–Crippen LogP) is 2.41. The van der Waals surface area contributed by atoms with E-state index in [9.17, 15) is 13.2 Å². The Hall–Kier alpha value is -0.590. The van der Waals surface area contributed by atoms with Gasteiger partial charge in [0.15, 0.2) is 9.84 Å². The van der Waals surface area contributed by atoms with Crippen molar-refractivity contribution in [2.24, 2.45) is 0 Å². The number of benzene rings is 1. The van der Waals surface area contributed by atoms with Gasteiger partial charge in [-0.05, 0) is 47.0 Å². The van der Waals surface area contributed by atoms with Crippen LogP contribution < -0.4 is 5.32 Å². The van der Waals surface area contributed by atoms with Crippen LogP contribution in [0.2, 0.25) is 5.02 Å². The normalized spacial score (nSPS) is 21.9. The van der Waals surface area contributed by atoms with Crippen molar-refractivity contribution in [2.45, 2.75) is 18.9 Å². The molecule has 19 heavy (non-hydrogen) atoms. The van der Waals surface area contributed by atoms with Gasteiger partial charge in [0, 0.05) is 15.5 Å². The summed E-state index contributed by atoms with van der Waals surface area (Å²) in [5.41, 5.74) is 0.451. The largest absolute Gasteiger partial charge is 0.348 e. The Balaban J connectivity index is 2.09. The average molecular weight is 367 g/mol. The molecule has 1 aromatic rings. The summed E-state index contributed by atoms with van der Waals surface area (Å²) in [4.78, 5) is 12.1. The molecule has 7 heteroatoms. The molecule has 1 aliphatic rings. The van der Waals surface area contributed by atoms with E-state index in [-0.39, 0.29) is 23.5 Å². The van der Waals surface area contributed by atoms with E-state index in [0.717, 1.165) is 0 Å². The average Bonchev–Trinajstić information content (AvgIpc) is 2.27. The van der Waals surface area contributed by atoms with Gasteiger partial charge in [-0.3, -0.25) is 4.79 Å². The Morgan fingerprint density at radius 3 is 2.79 bits per heavy atom. The first-order valence-corrected chi connectivity index (χ1v) is 8.83. The third-order valence-electron chi connectivity index (χ3n) is 2.97. The van der Waals surface area contributed by atoms with Crippen LogP contribution in [0.25, 0.3) is 0 Å². The fourth-order valence-corrected chi connectivity index (χ4v) is 4.57. The minimum Gasteiger partial charge on any atom is -0.348 e. The fraction of sp³-hybridized carbons (Fsp3) is 0.417. The topological polar surface area (TPSA) is 63.2 Å². The standard InChI is InChI=1S/C12H13BrClNO3S/c13-11-6-8(14)3-4-10(11)12(16)15-9-2-1-5-19(17,18)7-9/h3-4,6,9H,1-2,5,7H2,(H,15,16). The molecule has 1 aliphatic heterocycles. The number of halogens is 2. The third-order valence-corrected chi connectivity index (χ3v) is 5.69. The maximum atomic E-state index is 12.1. The van der Waals surface area contributed by atoms with Crippen LogP contribution in [0.3, 0.4) is 0 Å². The number of hydrogen-bond donors (Lipinski definition) is 1. The molecule has 0 bridgehead atoms. The molecular formula is C12H13BrClNO3S. The number of sulfone groups is 1. The molecule has 1 amide bonds. The third kappa shape index (κ3) is 3.94. The Bertz CT molecular complexity index is 603. The van der Waals surface area contributed by atoms with Crippen molar-refractivity contribution in [3.63, 3.8) is 0 Å². The van der Waals surface area contributed by atoms with Gasteiger partial charge in [0.2, 0.25) is 0 Å². The predicted molar refractivity (Wildman–Crippen MR) is 78.3 cm³/mol. The smallest absolute Gasteiger partial charge is 0.252 e. The minimum absolute atomic E-state index is 0.0178. The molecule has 1 saturated heterocycles. The van der Waals surface area contributed by atoms with Crippen molar-refractivity contribution in [1.29, 1.82) is 0 Å². The molecule has 1 fully saturated rings. The first kappa shape index (κ1) is 14.8. The van der Waals surface area contributed by atoms with Gasteiger partial charge in [-0.15, -0.1) is 0 Å². The second-order valence-electron chi connectivity index (χ2n) is 4.55. The summed E-state index contributed by atoms with van der Waals surface area (Å²) < 4.78 is 23.6. The van der Waals surface area contributed by atoms with Crippen LogP contribution >= 0.6 is 27.5 Å². The molecule has 2 rings (SSSR count). The highest BCUT2D eigenvalue weighted by molar-refractivity contribution is 9.10. The van der Waals surface area contributed by atoms with Crippen molar-refractivity contribution in [1.82, 2.24) is 5.32 Å². The van der Waals surface area contributed by atoms with Crippen molar-refractivity contribution >= 4 is 43.3 Å². The number of hydrogen-bond acceptors (Lipinski definition) is 3. The Kier molecular flexibility index (Phi) is 4.53. The Morgan fingerprint density at radius 2 is 2.16 bits per heavy atom. The Labute approximate surface area is 125 Å². The summed E-state index contributed by atoms with van der Waals surface area (Å²) in [6.45, 7) is 0. The zero-order chi connectivity index (χ0) is 14.0. The van der Waals surface area contributed by atoms with Gasteiger partial charge in [-0.2, -0.15) is 0 Å². The van der Waals surface area contributed by atoms with E-state index in [1.165, 1.54) is 0 Å². The van der Waals surface area contributed by atoms with E-state index in [0.29, 0.717) is 27.9 Å². The van der Waals surface area contributed by atoms with Crippen molar-refractivity contribution < 1.29 is 13.2 Å². The van der Waals surface area contributed by atoms with Crippen molar-refractivity contribution in [2.75, 3.05) is 11.5 Å². The highest BCUT2D eigenvalue weighted by Gasteiger charge is 2.26. The monoisotopic (exact) mass is 365 g/mol. The number of carbonyl (C=O) groups is 1. The summed E-state index contributed by atoms with van der Waals surface area (Å²) in [6.07, 6.45) is 1.28. The van der Waals surface area contributed by atoms with Crippen molar-refractivity contribution in [3.05, 3.63) is 33.3 Å². The van der Waals surface area contributed by atoms with Crippen molar-refractivity contribution in [3.8, 4) is 0 Å². The number of amides is 1. The SMILES string of the molecule is O=C(NC1CCCS(=O)(=O)C1)c1ccc(Cl)cc1Br. The van der Waals surface area contributed by atoms with Gasteiger partial charge >= 0.3 is 0 Å². The van der Waals surface area contributed by atoms with E-state index in [4.69, 9.17) is 11.6 Å². The highest BCUT2D eigenvalue weighted by Crippen LogP contribution is 2.22.